The summed E-state index contributed by atoms with van der Waals surface area (Å²) in [5.41, 5.74) is 0. The van der Waals surface area contributed by atoms with Crippen LogP contribution in [0.15, 0.2) is 0 Å². The predicted octanol–water partition coefficient (Wildman–Crippen LogP) is 3.54. The SMILES string of the molecule is CCC1C[N@@+](C)(CC)C2(N(C(C)C)CC(CC)[N@@+]2(C)CC)N1C(C)C. The quantitative estimate of drug-likeness (QED) is 0.673. The molecule has 0 aromatic heterocycles. The van der Waals surface area contributed by atoms with Crippen LogP contribution in [0, 0.1) is 0 Å². The van der Waals surface area contributed by atoms with Crippen molar-refractivity contribution in [3.63, 3.8) is 0 Å². The highest BCUT2D eigenvalue weighted by molar-refractivity contribution is 4.96. The van der Waals surface area contributed by atoms with Gasteiger partial charge in [-0.05, 0) is 54.4 Å². The van der Waals surface area contributed by atoms with Crippen LogP contribution in [0.5, 0.6) is 0 Å². The van der Waals surface area contributed by atoms with Crippen molar-refractivity contribution in [1.82, 2.24) is 9.80 Å². The molecule has 2 aliphatic rings. The zero-order chi connectivity index (χ0) is 19.2. The van der Waals surface area contributed by atoms with Gasteiger partial charge in [-0.15, -0.1) is 0 Å². The Kier molecular flexibility index (Phi) is 6.01. The molecule has 4 heteroatoms. The lowest BCUT2D eigenvalue weighted by atomic mass is 10.1. The van der Waals surface area contributed by atoms with Gasteiger partial charge in [0.1, 0.15) is 12.6 Å². The van der Waals surface area contributed by atoms with Crippen LogP contribution in [0.25, 0.3) is 0 Å². The van der Waals surface area contributed by atoms with Crippen LogP contribution in [0.1, 0.15) is 68.2 Å². The molecule has 0 aromatic rings. The van der Waals surface area contributed by atoms with E-state index in [-0.39, 0.29) is 5.91 Å². The average molecular weight is 355 g/mol. The van der Waals surface area contributed by atoms with E-state index in [2.05, 4.69) is 79.3 Å². The summed E-state index contributed by atoms with van der Waals surface area (Å²) in [4.78, 5) is 5.83. The summed E-state index contributed by atoms with van der Waals surface area (Å²) >= 11 is 0. The van der Waals surface area contributed by atoms with Gasteiger partial charge in [0.2, 0.25) is 0 Å². The van der Waals surface area contributed by atoms with Gasteiger partial charge in [0.05, 0.1) is 39.8 Å². The molecule has 4 nitrogen and oxygen atoms in total. The highest BCUT2D eigenvalue weighted by Gasteiger charge is 2.79. The summed E-state index contributed by atoms with van der Waals surface area (Å²) in [6, 6.07) is 2.53. The first kappa shape index (κ1) is 21.1. The summed E-state index contributed by atoms with van der Waals surface area (Å²) in [5, 5.41) is 0. The van der Waals surface area contributed by atoms with Gasteiger partial charge in [0.25, 0.3) is 0 Å². The molecule has 2 saturated heterocycles. The van der Waals surface area contributed by atoms with E-state index in [1.54, 1.807) is 0 Å². The number of quaternary nitrogens is 2. The van der Waals surface area contributed by atoms with Crippen LogP contribution >= 0.6 is 0 Å². The predicted molar refractivity (Wildman–Crippen MR) is 108 cm³/mol. The van der Waals surface area contributed by atoms with E-state index in [4.69, 9.17) is 0 Å². The Labute approximate surface area is 157 Å². The minimum atomic E-state index is 0.0627. The molecule has 25 heavy (non-hydrogen) atoms. The molecule has 148 valence electrons. The van der Waals surface area contributed by atoms with Crippen molar-refractivity contribution in [2.24, 2.45) is 0 Å². The maximum Gasteiger partial charge on any atom is 0.357 e. The molecule has 0 aromatic carbocycles. The zero-order valence-electron chi connectivity index (χ0n) is 18.8. The Hall–Kier alpha value is -0.160. The summed E-state index contributed by atoms with van der Waals surface area (Å²) in [6.45, 7) is 24.2. The van der Waals surface area contributed by atoms with Crippen molar-refractivity contribution in [3.8, 4) is 0 Å². The second kappa shape index (κ2) is 7.10. The minimum Gasteiger partial charge on any atom is -0.244 e. The molecule has 2 rings (SSSR count). The first-order valence-corrected chi connectivity index (χ1v) is 10.9. The van der Waals surface area contributed by atoms with Crippen molar-refractivity contribution in [3.05, 3.63) is 0 Å². The fraction of sp³-hybridized carbons (Fsp3) is 1.00. The number of hydrogen-bond donors (Lipinski definition) is 0. The first-order chi connectivity index (χ1) is 11.6. The van der Waals surface area contributed by atoms with E-state index in [1.807, 2.05) is 0 Å². The fourth-order valence-electron chi connectivity index (χ4n) is 6.54. The summed E-state index contributed by atoms with van der Waals surface area (Å²) in [7, 11) is 5.11. The minimum absolute atomic E-state index is 0.0627. The molecular formula is C21H46N4+2. The normalized spacial score (nSPS) is 43.2. The highest BCUT2D eigenvalue weighted by atomic mass is 15.9. The van der Waals surface area contributed by atoms with E-state index < -0.39 is 0 Å². The Bertz CT molecular complexity index is 465. The number of likely N-dealkylation sites (N-methyl/N-ethyl adjacent to an activating group) is 2. The zero-order valence-corrected chi connectivity index (χ0v) is 18.8. The van der Waals surface area contributed by atoms with Crippen molar-refractivity contribution in [2.75, 3.05) is 40.3 Å². The van der Waals surface area contributed by atoms with Gasteiger partial charge in [0, 0.05) is 12.1 Å². The third-order valence-corrected chi connectivity index (χ3v) is 7.84. The third kappa shape index (κ3) is 2.55. The molecule has 2 heterocycles. The van der Waals surface area contributed by atoms with Gasteiger partial charge >= 0.3 is 5.91 Å². The Morgan fingerprint density at radius 2 is 1.52 bits per heavy atom. The van der Waals surface area contributed by atoms with Gasteiger partial charge in [-0.3, -0.25) is 0 Å². The monoisotopic (exact) mass is 354 g/mol. The average Bonchev–Trinajstić information content (AvgIpc) is 3.00. The summed E-state index contributed by atoms with van der Waals surface area (Å²) in [5.74, 6) is 0.0627. The maximum atomic E-state index is 2.94. The van der Waals surface area contributed by atoms with Gasteiger partial charge in [-0.25, -0.2) is 8.97 Å². The van der Waals surface area contributed by atoms with Gasteiger partial charge in [0.15, 0.2) is 0 Å². The van der Waals surface area contributed by atoms with Gasteiger partial charge in [-0.1, -0.05) is 13.8 Å². The number of hydrogen-bond acceptors (Lipinski definition) is 2. The molecule has 0 saturated carbocycles. The van der Waals surface area contributed by atoms with Crippen LogP contribution < -0.4 is 0 Å². The molecule has 0 aliphatic carbocycles. The van der Waals surface area contributed by atoms with Gasteiger partial charge in [-0.2, -0.15) is 9.80 Å². The van der Waals surface area contributed by atoms with E-state index in [0.717, 1.165) is 4.48 Å². The Balaban J connectivity index is 2.82. The van der Waals surface area contributed by atoms with Crippen LogP contribution in [-0.2, 0) is 0 Å². The molecule has 2 aliphatic heterocycles. The topological polar surface area (TPSA) is 6.48 Å². The van der Waals surface area contributed by atoms with E-state index in [1.165, 1.54) is 43.5 Å². The Morgan fingerprint density at radius 1 is 0.920 bits per heavy atom. The molecule has 0 N–H and O–H groups in total. The summed E-state index contributed by atoms with van der Waals surface area (Å²) in [6.07, 6.45) is 2.52. The lowest BCUT2D eigenvalue weighted by Gasteiger charge is -2.58. The maximum absolute atomic E-state index is 2.94. The smallest absolute Gasteiger partial charge is 0.244 e. The lowest BCUT2D eigenvalue weighted by molar-refractivity contribution is -1.17. The van der Waals surface area contributed by atoms with Crippen molar-refractivity contribution in [2.45, 2.75) is 98.3 Å². The first-order valence-electron chi connectivity index (χ1n) is 10.9. The highest BCUT2D eigenvalue weighted by Crippen LogP contribution is 2.53. The molecular weight excluding hydrogens is 308 g/mol. The molecule has 2 fully saturated rings. The Morgan fingerprint density at radius 3 is 1.88 bits per heavy atom. The molecule has 1 spiro atoms. The lowest BCUT2D eigenvalue weighted by Crippen LogP contribution is -2.83. The standard InChI is InChI=1S/C21H46N4/c1-11-19-16-24(9,13-3)21(23(19)18(7)8)22(17(5)6)15-20(12-2)25(21,10)14-4/h17-20H,11-16H2,1-10H3/q+2/t19?,20?,21?,24-,25-/m1/s1. The van der Waals surface area contributed by atoms with Gasteiger partial charge < -0.3 is 0 Å². The van der Waals surface area contributed by atoms with Crippen molar-refractivity contribution in [1.29, 1.82) is 0 Å². The molecule has 0 amide bonds. The molecule has 3 unspecified atom stereocenters. The largest absolute Gasteiger partial charge is 0.357 e. The van der Waals surface area contributed by atoms with E-state index >= 15 is 0 Å². The third-order valence-electron chi connectivity index (χ3n) is 7.84. The van der Waals surface area contributed by atoms with Crippen LogP contribution in [0.4, 0.5) is 0 Å². The number of rotatable bonds is 6. The van der Waals surface area contributed by atoms with E-state index in [0.29, 0.717) is 24.2 Å². The molecule has 0 radical (unpaired) electrons. The van der Waals surface area contributed by atoms with Crippen molar-refractivity contribution < 1.29 is 8.97 Å². The van der Waals surface area contributed by atoms with E-state index in [9.17, 15) is 0 Å². The van der Waals surface area contributed by atoms with Crippen LogP contribution in [0.2, 0.25) is 0 Å². The molecule has 5 atom stereocenters. The van der Waals surface area contributed by atoms with Crippen molar-refractivity contribution >= 4 is 0 Å². The van der Waals surface area contributed by atoms with Crippen LogP contribution in [0.3, 0.4) is 0 Å². The number of nitrogens with zero attached hydrogens (tertiary/aromatic N) is 4. The second-order valence-electron chi connectivity index (χ2n) is 9.45. The summed E-state index contributed by atoms with van der Waals surface area (Å²) < 4.78 is 2.32. The molecule has 0 bridgehead atoms. The second-order valence-corrected chi connectivity index (χ2v) is 9.45. The fourth-order valence-corrected chi connectivity index (χ4v) is 6.54. The van der Waals surface area contributed by atoms with Crippen LogP contribution in [-0.4, -0.2) is 89.1 Å².